The fraction of sp³-hybridized carbons (Fsp3) is 0.462. The van der Waals surface area contributed by atoms with Crippen molar-refractivity contribution in [3.8, 4) is 5.75 Å². The zero-order valence-electron chi connectivity index (χ0n) is 10.2. The lowest BCUT2D eigenvalue weighted by molar-refractivity contribution is 0.0953. The first-order valence-corrected chi connectivity index (χ1v) is 6.17. The molecule has 1 unspecified atom stereocenters. The number of methoxy groups -OCH3 is 1. The number of carbonyl (C=O) groups excluding carboxylic acids is 1. The summed E-state index contributed by atoms with van der Waals surface area (Å²) in [7, 11) is 1.60. The minimum Gasteiger partial charge on any atom is -0.497 e. The summed E-state index contributed by atoms with van der Waals surface area (Å²) in [5, 5.41) is 2.97. The zero-order valence-corrected chi connectivity index (χ0v) is 11.0. The molecule has 1 amide bonds. The van der Waals surface area contributed by atoms with Gasteiger partial charge in [-0.15, -0.1) is 11.6 Å². The monoisotopic (exact) mass is 255 g/mol. The fourth-order valence-corrected chi connectivity index (χ4v) is 1.50. The molecule has 0 aliphatic rings. The van der Waals surface area contributed by atoms with Gasteiger partial charge in [-0.05, 0) is 37.1 Å². The van der Waals surface area contributed by atoms with Gasteiger partial charge in [-0.3, -0.25) is 4.79 Å². The molecule has 0 bridgehead atoms. The van der Waals surface area contributed by atoms with Gasteiger partial charge in [0, 0.05) is 17.5 Å². The number of alkyl halides is 1. The Morgan fingerprint density at radius 2 is 2.06 bits per heavy atom. The van der Waals surface area contributed by atoms with Gasteiger partial charge in [0.05, 0.1) is 7.11 Å². The highest BCUT2D eigenvalue weighted by atomic mass is 35.5. The van der Waals surface area contributed by atoms with Gasteiger partial charge in [0.25, 0.3) is 5.91 Å². The van der Waals surface area contributed by atoms with Crippen molar-refractivity contribution in [2.45, 2.75) is 25.1 Å². The fourth-order valence-electron chi connectivity index (χ4n) is 1.39. The molecule has 0 radical (unpaired) electrons. The molecule has 0 saturated heterocycles. The second-order valence-electron chi connectivity index (χ2n) is 3.78. The van der Waals surface area contributed by atoms with Crippen molar-refractivity contribution in [2.75, 3.05) is 13.7 Å². The first-order valence-electron chi connectivity index (χ1n) is 5.73. The van der Waals surface area contributed by atoms with E-state index in [2.05, 4.69) is 5.32 Å². The Bertz CT molecular complexity index is 351. The number of halogens is 1. The van der Waals surface area contributed by atoms with Gasteiger partial charge in [-0.25, -0.2) is 0 Å². The Morgan fingerprint density at radius 1 is 1.41 bits per heavy atom. The molecule has 0 saturated carbocycles. The van der Waals surface area contributed by atoms with Gasteiger partial charge in [-0.1, -0.05) is 6.92 Å². The predicted molar refractivity (Wildman–Crippen MR) is 69.9 cm³/mol. The van der Waals surface area contributed by atoms with E-state index in [1.807, 2.05) is 6.92 Å². The molecule has 0 aliphatic heterocycles. The van der Waals surface area contributed by atoms with Crippen LogP contribution >= 0.6 is 11.6 Å². The van der Waals surface area contributed by atoms with Crippen LogP contribution in [0, 0.1) is 0 Å². The predicted octanol–water partition coefficient (Wildman–Crippen LogP) is 2.83. The molecule has 0 fully saturated rings. The Hall–Kier alpha value is -1.22. The Balaban J connectivity index is 2.41. The quantitative estimate of drug-likeness (QED) is 0.794. The summed E-state index contributed by atoms with van der Waals surface area (Å²) < 4.78 is 5.03. The van der Waals surface area contributed by atoms with Gasteiger partial charge in [0.15, 0.2) is 0 Å². The highest BCUT2D eigenvalue weighted by molar-refractivity contribution is 6.20. The molecule has 0 aromatic heterocycles. The van der Waals surface area contributed by atoms with E-state index in [1.165, 1.54) is 0 Å². The number of hydrogen-bond donors (Lipinski definition) is 1. The van der Waals surface area contributed by atoms with Crippen LogP contribution in [0.3, 0.4) is 0 Å². The Kier molecular flexibility index (Phi) is 5.84. The normalized spacial score (nSPS) is 11.9. The summed E-state index contributed by atoms with van der Waals surface area (Å²) in [5.41, 5.74) is 0.633. The van der Waals surface area contributed by atoms with E-state index in [1.54, 1.807) is 31.4 Å². The second kappa shape index (κ2) is 7.17. The summed E-state index contributed by atoms with van der Waals surface area (Å²) >= 11 is 5.97. The molecule has 1 N–H and O–H groups in total. The Labute approximate surface area is 107 Å². The van der Waals surface area contributed by atoms with Crippen LogP contribution in [0.1, 0.15) is 30.1 Å². The maximum absolute atomic E-state index is 11.7. The molecule has 0 spiro atoms. The largest absolute Gasteiger partial charge is 0.497 e. The number of rotatable bonds is 6. The van der Waals surface area contributed by atoms with E-state index in [0.29, 0.717) is 12.1 Å². The van der Waals surface area contributed by atoms with Crippen molar-refractivity contribution in [3.63, 3.8) is 0 Å². The maximum atomic E-state index is 11.7. The van der Waals surface area contributed by atoms with Crippen LogP contribution in [0.15, 0.2) is 24.3 Å². The molecule has 0 heterocycles. The summed E-state index contributed by atoms with van der Waals surface area (Å²) in [4.78, 5) is 11.7. The van der Waals surface area contributed by atoms with Crippen molar-refractivity contribution in [1.29, 1.82) is 0 Å². The van der Waals surface area contributed by atoms with Crippen LogP contribution in [0.25, 0.3) is 0 Å². The number of amides is 1. The van der Waals surface area contributed by atoms with Gasteiger partial charge in [0.1, 0.15) is 5.75 Å². The summed E-state index contributed by atoms with van der Waals surface area (Å²) in [6, 6.07) is 7.02. The standard InChI is InChI=1S/C13H18ClNO2/c1-3-11(14)8-9-15-13(16)10-4-6-12(17-2)7-5-10/h4-7,11H,3,8-9H2,1-2H3,(H,15,16). The lowest BCUT2D eigenvalue weighted by Gasteiger charge is -2.08. The molecular formula is C13H18ClNO2. The molecule has 0 aliphatic carbocycles. The van der Waals surface area contributed by atoms with Gasteiger partial charge in [0.2, 0.25) is 0 Å². The van der Waals surface area contributed by atoms with Crippen molar-refractivity contribution < 1.29 is 9.53 Å². The van der Waals surface area contributed by atoms with Crippen molar-refractivity contribution >= 4 is 17.5 Å². The smallest absolute Gasteiger partial charge is 0.251 e. The van der Waals surface area contributed by atoms with Crippen molar-refractivity contribution in [3.05, 3.63) is 29.8 Å². The molecule has 17 heavy (non-hydrogen) atoms. The van der Waals surface area contributed by atoms with Crippen LogP contribution in [-0.4, -0.2) is 24.9 Å². The minimum atomic E-state index is -0.0763. The van der Waals surface area contributed by atoms with E-state index in [4.69, 9.17) is 16.3 Å². The van der Waals surface area contributed by atoms with Crippen LogP contribution in [0.4, 0.5) is 0 Å². The zero-order chi connectivity index (χ0) is 12.7. The minimum absolute atomic E-state index is 0.0763. The molecule has 1 rings (SSSR count). The third-order valence-corrected chi connectivity index (χ3v) is 3.07. The van der Waals surface area contributed by atoms with Crippen molar-refractivity contribution in [1.82, 2.24) is 5.32 Å². The number of carbonyl (C=O) groups is 1. The van der Waals surface area contributed by atoms with E-state index >= 15 is 0 Å². The molecule has 3 nitrogen and oxygen atoms in total. The van der Waals surface area contributed by atoms with E-state index in [-0.39, 0.29) is 11.3 Å². The molecule has 94 valence electrons. The van der Waals surface area contributed by atoms with Crippen LogP contribution < -0.4 is 10.1 Å². The lowest BCUT2D eigenvalue weighted by Crippen LogP contribution is -2.25. The first-order chi connectivity index (χ1) is 8.17. The third kappa shape index (κ3) is 4.65. The second-order valence-corrected chi connectivity index (χ2v) is 4.40. The average molecular weight is 256 g/mol. The molecular weight excluding hydrogens is 238 g/mol. The van der Waals surface area contributed by atoms with Crippen LogP contribution in [-0.2, 0) is 0 Å². The molecule has 4 heteroatoms. The summed E-state index contributed by atoms with van der Waals surface area (Å²) in [6.45, 7) is 2.63. The highest BCUT2D eigenvalue weighted by Gasteiger charge is 2.06. The number of hydrogen-bond acceptors (Lipinski definition) is 2. The van der Waals surface area contributed by atoms with E-state index in [9.17, 15) is 4.79 Å². The number of benzene rings is 1. The topological polar surface area (TPSA) is 38.3 Å². The first kappa shape index (κ1) is 13.8. The SMILES string of the molecule is CCC(Cl)CCNC(=O)c1ccc(OC)cc1. The van der Waals surface area contributed by atoms with Gasteiger partial charge >= 0.3 is 0 Å². The molecule has 1 aromatic rings. The van der Waals surface area contributed by atoms with E-state index < -0.39 is 0 Å². The van der Waals surface area contributed by atoms with Crippen molar-refractivity contribution in [2.24, 2.45) is 0 Å². The van der Waals surface area contributed by atoms with Crippen LogP contribution in [0.5, 0.6) is 5.75 Å². The summed E-state index contributed by atoms with van der Waals surface area (Å²) in [6.07, 6.45) is 1.71. The molecule has 1 atom stereocenters. The van der Waals surface area contributed by atoms with Gasteiger partial charge in [-0.2, -0.15) is 0 Å². The third-order valence-electron chi connectivity index (χ3n) is 2.54. The summed E-state index contributed by atoms with van der Waals surface area (Å²) in [5.74, 6) is 0.668. The van der Waals surface area contributed by atoms with E-state index in [0.717, 1.165) is 18.6 Å². The highest BCUT2D eigenvalue weighted by Crippen LogP contribution is 2.11. The van der Waals surface area contributed by atoms with Gasteiger partial charge < -0.3 is 10.1 Å². The number of ether oxygens (including phenoxy) is 1. The Morgan fingerprint density at radius 3 is 2.59 bits per heavy atom. The number of nitrogens with one attached hydrogen (secondary N) is 1. The molecule has 1 aromatic carbocycles. The lowest BCUT2D eigenvalue weighted by atomic mass is 10.2. The van der Waals surface area contributed by atoms with Crippen LogP contribution in [0.2, 0.25) is 0 Å². The maximum Gasteiger partial charge on any atom is 0.251 e. The average Bonchev–Trinajstić information content (AvgIpc) is 2.38.